The zero-order valence-corrected chi connectivity index (χ0v) is 14.5. The third-order valence-electron chi connectivity index (χ3n) is 4.74. The zero-order chi connectivity index (χ0) is 17.6. The van der Waals surface area contributed by atoms with Gasteiger partial charge in [0.15, 0.2) is 0 Å². The summed E-state index contributed by atoms with van der Waals surface area (Å²) in [6.07, 6.45) is 0.420. The van der Waals surface area contributed by atoms with Crippen molar-refractivity contribution in [1.82, 2.24) is 0 Å². The third-order valence-corrected chi connectivity index (χ3v) is 5.85. The number of fused-ring (bicyclic) bond motifs is 2. The Bertz CT molecular complexity index is 945. The van der Waals surface area contributed by atoms with Gasteiger partial charge in [0, 0.05) is 16.4 Å². The number of aliphatic carboxylic acids is 1. The minimum absolute atomic E-state index is 0.0648. The molecule has 1 amide bonds. The van der Waals surface area contributed by atoms with Crippen molar-refractivity contribution >= 4 is 39.0 Å². The first-order valence-electron chi connectivity index (χ1n) is 8.20. The molecule has 1 aliphatic rings. The van der Waals surface area contributed by atoms with Crippen LogP contribution >= 0.6 is 11.3 Å². The van der Waals surface area contributed by atoms with Gasteiger partial charge in [0.2, 0.25) is 0 Å². The lowest BCUT2D eigenvalue weighted by atomic mass is 9.86. The summed E-state index contributed by atoms with van der Waals surface area (Å²) in [7, 11) is 0. The van der Waals surface area contributed by atoms with Crippen LogP contribution in [0.15, 0.2) is 54.6 Å². The minimum Gasteiger partial charge on any atom is -0.481 e. The molecule has 1 N–H and O–H groups in total. The summed E-state index contributed by atoms with van der Waals surface area (Å²) in [6, 6.07) is 17.0. The molecule has 0 fully saturated rings. The van der Waals surface area contributed by atoms with E-state index in [-0.39, 0.29) is 11.9 Å². The topological polar surface area (TPSA) is 57.6 Å². The molecule has 4 nitrogen and oxygen atoms in total. The number of thiophene rings is 1. The van der Waals surface area contributed by atoms with E-state index in [1.54, 1.807) is 4.90 Å². The second kappa shape index (κ2) is 6.01. The second-order valence-corrected chi connectivity index (χ2v) is 7.44. The number of carbonyl (C=O) groups is 2. The Kier molecular flexibility index (Phi) is 3.81. The zero-order valence-electron chi connectivity index (χ0n) is 13.7. The van der Waals surface area contributed by atoms with E-state index in [9.17, 15) is 14.7 Å². The van der Waals surface area contributed by atoms with Crippen LogP contribution in [-0.4, -0.2) is 23.0 Å². The molecule has 0 saturated heterocycles. The fourth-order valence-electron chi connectivity index (χ4n) is 3.56. The Hall–Kier alpha value is -2.66. The van der Waals surface area contributed by atoms with Crippen LogP contribution in [0, 0.1) is 0 Å². The summed E-state index contributed by atoms with van der Waals surface area (Å²) in [5.74, 6) is -1.48. The monoisotopic (exact) mass is 351 g/mol. The normalized spacial score (nSPS) is 19.6. The predicted octanol–water partition coefficient (Wildman–Crippen LogP) is 4.51. The Labute approximate surface area is 149 Å². The van der Waals surface area contributed by atoms with Crippen molar-refractivity contribution in [1.29, 1.82) is 0 Å². The van der Waals surface area contributed by atoms with Gasteiger partial charge in [-0.3, -0.25) is 9.59 Å². The van der Waals surface area contributed by atoms with Gasteiger partial charge in [-0.05, 0) is 42.5 Å². The lowest BCUT2D eigenvalue weighted by Crippen LogP contribution is -2.44. The van der Waals surface area contributed by atoms with Crippen LogP contribution in [0.3, 0.4) is 0 Å². The van der Waals surface area contributed by atoms with E-state index in [4.69, 9.17) is 0 Å². The number of hydrogen-bond acceptors (Lipinski definition) is 3. The van der Waals surface area contributed by atoms with E-state index in [0.29, 0.717) is 22.5 Å². The number of hydrogen-bond donors (Lipinski definition) is 1. The maximum atomic E-state index is 13.2. The van der Waals surface area contributed by atoms with Gasteiger partial charge in [-0.15, -0.1) is 11.3 Å². The molecule has 0 saturated carbocycles. The highest BCUT2D eigenvalue weighted by molar-refractivity contribution is 7.20. The van der Waals surface area contributed by atoms with Crippen molar-refractivity contribution in [3.8, 4) is 0 Å². The molecular formula is C20H17NO3S. The quantitative estimate of drug-likeness (QED) is 0.739. The molecule has 2 atom stereocenters. The van der Waals surface area contributed by atoms with E-state index in [2.05, 4.69) is 0 Å². The number of carboxylic acid groups (broad SMARTS) is 1. The van der Waals surface area contributed by atoms with Gasteiger partial charge < -0.3 is 10.0 Å². The number of nitrogens with zero attached hydrogens (tertiary/aromatic N) is 1. The molecule has 25 heavy (non-hydrogen) atoms. The molecule has 0 spiro atoms. The van der Waals surface area contributed by atoms with Crippen LogP contribution in [0.4, 0.5) is 5.69 Å². The molecule has 0 bridgehead atoms. The Morgan fingerprint density at radius 2 is 1.84 bits per heavy atom. The number of benzene rings is 2. The number of para-hydroxylation sites is 1. The fourth-order valence-corrected chi connectivity index (χ4v) is 4.56. The molecule has 1 aromatic heterocycles. The van der Waals surface area contributed by atoms with E-state index in [0.717, 1.165) is 10.1 Å². The van der Waals surface area contributed by atoms with E-state index in [1.807, 2.05) is 61.5 Å². The van der Waals surface area contributed by atoms with Gasteiger partial charge in [-0.2, -0.15) is 0 Å². The molecule has 126 valence electrons. The lowest BCUT2D eigenvalue weighted by Gasteiger charge is -2.37. The first-order valence-corrected chi connectivity index (χ1v) is 9.02. The summed E-state index contributed by atoms with van der Waals surface area (Å²) in [5, 5.41) is 10.6. The summed E-state index contributed by atoms with van der Waals surface area (Å²) in [5.41, 5.74) is 1.42. The van der Waals surface area contributed by atoms with Crippen LogP contribution in [0.5, 0.6) is 0 Å². The number of rotatable bonds is 2. The highest BCUT2D eigenvalue weighted by Crippen LogP contribution is 2.40. The summed E-state index contributed by atoms with van der Waals surface area (Å²) < 4.78 is 1.08. The van der Waals surface area contributed by atoms with E-state index < -0.39 is 11.9 Å². The van der Waals surface area contributed by atoms with Crippen LogP contribution in [-0.2, 0) is 4.79 Å². The van der Waals surface area contributed by atoms with Crippen LogP contribution in [0.2, 0.25) is 0 Å². The molecule has 0 unspecified atom stereocenters. The third kappa shape index (κ3) is 2.61. The van der Waals surface area contributed by atoms with Crippen molar-refractivity contribution < 1.29 is 14.7 Å². The van der Waals surface area contributed by atoms with Gasteiger partial charge in [0.25, 0.3) is 5.91 Å². The number of carbonyl (C=O) groups excluding carboxylic acids is 1. The van der Waals surface area contributed by atoms with Crippen LogP contribution in [0.1, 0.15) is 34.5 Å². The summed E-state index contributed by atoms with van der Waals surface area (Å²) in [6.45, 7) is 1.91. The van der Waals surface area contributed by atoms with Crippen molar-refractivity contribution in [2.24, 2.45) is 0 Å². The smallest absolute Gasteiger partial charge is 0.311 e. The molecule has 0 aliphatic carbocycles. The van der Waals surface area contributed by atoms with Crippen molar-refractivity contribution in [2.45, 2.75) is 25.3 Å². The molecule has 2 heterocycles. The minimum atomic E-state index is -0.840. The first kappa shape index (κ1) is 15.8. The highest BCUT2D eigenvalue weighted by atomic mass is 32.1. The van der Waals surface area contributed by atoms with Gasteiger partial charge in [0.1, 0.15) is 0 Å². The first-order chi connectivity index (χ1) is 12.1. The number of carboxylic acids is 1. The summed E-state index contributed by atoms with van der Waals surface area (Å²) >= 11 is 1.48. The standard InChI is InChI=1S/C20H17NO3S/c1-12-10-15(20(23)24)14-7-3-4-8-16(14)21(12)19(22)18-11-13-6-2-5-9-17(13)25-18/h2-9,11-12,15H,10H2,1H3,(H,23,24)/t12-,15+/m1/s1. The molecule has 4 rings (SSSR count). The van der Waals surface area contributed by atoms with E-state index >= 15 is 0 Å². The van der Waals surface area contributed by atoms with Crippen molar-refractivity contribution in [3.05, 3.63) is 65.0 Å². The number of amides is 1. The molecule has 1 aliphatic heterocycles. The Balaban J connectivity index is 1.79. The Morgan fingerprint density at radius 3 is 2.60 bits per heavy atom. The molecular weight excluding hydrogens is 334 g/mol. The average molecular weight is 351 g/mol. The lowest BCUT2D eigenvalue weighted by molar-refractivity contribution is -0.139. The molecule has 3 aromatic rings. The second-order valence-electron chi connectivity index (χ2n) is 6.36. The Morgan fingerprint density at radius 1 is 1.12 bits per heavy atom. The average Bonchev–Trinajstić information content (AvgIpc) is 3.04. The fraction of sp³-hybridized carbons (Fsp3) is 0.200. The van der Waals surface area contributed by atoms with Crippen LogP contribution in [0.25, 0.3) is 10.1 Å². The molecule has 2 aromatic carbocycles. The predicted molar refractivity (Wildman–Crippen MR) is 99.5 cm³/mol. The summed E-state index contributed by atoms with van der Waals surface area (Å²) in [4.78, 5) is 27.3. The molecule has 0 radical (unpaired) electrons. The maximum Gasteiger partial charge on any atom is 0.311 e. The largest absolute Gasteiger partial charge is 0.481 e. The van der Waals surface area contributed by atoms with Gasteiger partial charge >= 0.3 is 5.97 Å². The van der Waals surface area contributed by atoms with Gasteiger partial charge in [0.05, 0.1) is 10.8 Å². The highest BCUT2D eigenvalue weighted by Gasteiger charge is 2.37. The van der Waals surface area contributed by atoms with Gasteiger partial charge in [-0.25, -0.2) is 0 Å². The van der Waals surface area contributed by atoms with Crippen molar-refractivity contribution in [3.63, 3.8) is 0 Å². The van der Waals surface area contributed by atoms with E-state index in [1.165, 1.54) is 11.3 Å². The van der Waals surface area contributed by atoms with Crippen LogP contribution < -0.4 is 4.90 Å². The SMILES string of the molecule is C[C@@H]1C[C@H](C(=O)O)c2ccccc2N1C(=O)c1cc2ccccc2s1. The number of anilines is 1. The van der Waals surface area contributed by atoms with Gasteiger partial charge in [-0.1, -0.05) is 36.4 Å². The maximum absolute atomic E-state index is 13.2. The van der Waals surface area contributed by atoms with Crippen molar-refractivity contribution in [2.75, 3.05) is 4.90 Å². The molecule has 5 heteroatoms.